The minimum absolute atomic E-state index is 0.0294. The van der Waals surface area contributed by atoms with Crippen molar-refractivity contribution in [2.45, 2.75) is 111 Å². The standard InChI is InChI=1S/2C24H32ClN7O6S/c2*1-14(20(36-2)21-26-9-16(25)10-27-21)39(34,35)12-18-30-31-22(17-8-6-5-7-15(17)11-33)32(18)19-23(37-3)28-13-29-24(19)38-4/h2*9-10,13-15,17,20,33H,5-8,11-12H2,1-4H3/t14-,15+,17-,20-;14-,15-,17+,20-/m00/s1. The van der Waals surface area contributed by atoms with Crippen LogP contribution in [0.5, 0.6) is 23.5 Å². The topological polar surface area (TPSA) is 329 Å². The smallest absolute Gasteiger partial charge is 0.245 e. The van der Waals surface area contributed by atoms with Gasteiger partial charge in [-0.25, -0.2) is 36.8 Å². The van der Waals surface area contributed by atoms with Crippen molar-refractivity contribution >= 4 is 42.9 Å². The summed E-state index contributed by atoms with van der Waals surface area (Å²) >= 11 is 11.8. The van der Waals surface area contributed by atoms with Crippen LogP contribution in [-0.2, 0) is 40.7 Å². The highest BCUT2D eigenvalue weighted by molar-refractivity contribution is 7.91. The number of nitrogens with zero attached hydrogens (tertiary/aromatic N) is 14. The Morgan fingerprint density at radius 1 is 0.526 bits per heavy atom. The minimum Gasteiger partial charge on any atom is -0.479 e. The molecular formula is C48H64Cl2N14O12S2. The second-order valence-electron chi connectivity index (χ2n) is 18.6. The van der Waals surface area contributed by atoms with E-state index in [9.17, 15) is 27.0 Å². The summed E-state index contributed by atoms with van der Waals surface area (Å²) in [6.45, 7) is 2.99. The number of methoxy groups -OCH3 is 6. The van der Waals surface area contributed by atoms with Gasteiger partial charge in [0.05, 0.1) is 49.0 Å². The molecule has 0 spiro atoms. The zero-order chi connectivity index (χ0) is 56.3. The molecule has 2 fully saturated rings. The van der Waals surface area contributed by atoms with Gasteiger partial charge < -0.3 is 38.6 Å². The van der Waals surface area contributed by atoms with Crippen LogP contribution in [0.4, 0.5) is 0 Å². The summed E-state index contributed by atoms with van der Waals surface area (Å²) < 4.78 is 91.3. The summed E-state index contributed by atoms with van der Waals surface area (Å²) in [6, 6.07) is 0. The lowest BCUT2D eigenvalue weighted by Crippen LogP contribution is -2.30. The predicted molar refractivity (Wildman–Crippen MR) is 281 cm³/mol. The van der Waals surface area contributed by atoms with E-state index in [0.29, 0.717) is 21.7 Å². The first kappa shape index (κ1) is 59.8. The third kappa shape index (κ3) is 13.1. The summed E-state index contributed by atoms with van der Waals surface area (Å²) in [7, 11) is 0.721. The maximum Gasteiger partial charge on any atom is 0.245 e. The first-order valence-electron chi connectivity index (χ1n) is 24.9. The third-order valence-corrected chi connectivity index (χ3v) is 18.6. The maximum absolute atomic E-state index is 13.8. The molecule has 6 aromatic rings. The van der Waals surface area contributed by atoms with Crippen LogP contribution in [0.1, 0.15) is 124 Å². The zero-order valence-electron chi connectivity index (χ0n) is 44.4. The lowest BCUT2D eigenvalue weighted by molar-refractivity contribution is 0.0947. The van der Waals surface area contributed by atoms with Gasteiger partial charge in [-0.2, -0.15) is 19.9 Å². The van der Waals surface area contributed by atoms with E-state index in [4.69, 9.17) is 51.6 Å². The fraction of sp³-hybridized carbons (Fsp3) is 0.583. The molecule has 424 valence electrons. The largest absolute Gasteiger partial charge is 0.479 e. The van der Waals surface area contributed by atoms with E-state index in [1.165, 1.54) is 93.9 Å². The Balaban J connectivity index is 0.000000226. The Morgan fingerprint density at radius 3 is 1.14 bits per heavy atom. The minimum atomic E-state index is -3.92. The molecule has 0 unspecified atom stereocenters. The summed E-state index contributed by atoms with van der Waals surface area (Å²) in [5.41, 5.74) is 0.568. The first-order chi connectivity index (χ1) is 37.5. The number of aromatic nitrogens is 14. The molecule has 0 aliphatic heterocycles. The highest BCUT2D eigenvalue weighted by Crippen LogP contribution is 2.43. The fourth-order valence-electron chi connectivity index (χ4n) is 9.97. The Morgan fingerprint density at radius 2 is 0.846 bits per heavy atom. The summed E-state index contributed by atoms with van der Waals surface area (Å²) in [6.07, 6.45) is 13.2. The van der Waals surface area contributed by atoms with Crippen LogP contribution < -0.4 is 18.9 Å². The highest BCUT2D eigenvalue weighted by atomic mass is 35.5. The molecule has 0 aromatic carbocycles. The molecule has 8 atom stereocenters. The molecule has 0 radical (unpaired) electrons. The number of ether oxygens (including phenoxy) is 6. The Labute approximate surface area is 461 Å². The van der Waals surface area contributed by atoms with Crippen molar-refractivity contribution in [3.63, 3.8) is 0 Å². The van der Waals surface area contributed by atoms with E-state index < -0.39 is 53.9 Å². The average molecular weight is 1160 g/mol. The Kier molecular flexibility index (Phi) is 20.6. The van der Waals surface area contributed by atoms with E-state index in [-0.39, 0.29) is 95.1 Å². The van der Waals surface area contributed by atoms with Crippen LogP contribution in [0.2, 0.25) is 10.0 Å². The van der Waals surface area contributed by atoms with Gasteiger partial charge in [0.25, 0.3) is 0 Å². The summed E-state index contributed by atoms with van der Waals surface area (Å²) in [5, 5.41) is 36.3. The number of halogens is 2. The number of hydrogen-bond acceptors (Lipinski definition) is 24. The normalized spacial score (nSPS) is 19.4. The van der Waals surface area contributed by atoms with E-state index in [1.54, 1.807) is 9.13 Å². The van der Waals surface area contributed by atoms with Crippen LogP contribution in [0.3, 0.4) is 0 Å². The van der Waals surface area contributed by atoms with Crippen molar-refractivity contribution in [2.75, 3.05) is 55.9 Å². The van der Waals surface area contributed by atoms with Crippen molar-refractivity contribution < 1.29 is 55.5 Å². The number of aliphatic hydroxyl groups excluding tert-OH is 2. The van der Waals surface area contributed by atoms with Gasteiger partial charge in [0, 0.05) is 64.1 Å². The third-order valence-electron chi connectivity index (χ3n) is 14.1. The number of rotatable bonds is 22. The number of sulfone groups is 2. The van der Waals surface area contributed by atoms with Crippen LogP contribution in [-0.4, -0.2) is 163 Å². The quantitative estimate of drug-likeness (QED) is 0.0908. The van der Waals surface area contributed by atoms with Gasteiger partial charge in [0.2, 0.25) is 23.5 Å². The number of aliphatic hydroxyl groups is 2. The van der Waals surface area contributed by atoms with Crippen LogP contribution in [0.25, 0.3) is 11.4 Å². The lowest BCUT2D eigenvalue weighted by Gasteiger charge is -2.30. The molecule has 8 rings (SSSR count). The monoisotopic (exact) mass is 1160 g/mol. The molecule has 0 saturated heterocycles. The average Bonchev–Trinajstić information content (AvgIpc) is 4.18. The lowest BCUT2D eigenvalue weighted by atomic mass is 9.79. The van der Waals surface area contributed by atoms with E-state index in [0.717, 1.165) is 51.4 Å². The van der Waals surface area contributed by atoms with Gasteiger partial charge >= 0.3 is 0 Å². The molecule has 2 N–H and O–H groups in total. The van der Waals surface area contributed by atoms with Gasteiger partial charge in [0.15, 0.2) is 54.3 Å². The van der Waals surface area contributed by atoms with Crippen molar-refractivity contribution in [2.24, 2.45) is 11.8 Å². The second kappa shape index (κ2) is 26.9. The van der Waals surface area contributed by atoms with Gasteiger partial charge in [-0.15, -0.1) is 20.4 Å². The van der Waals surface area contributed by atoms with Crippen LogP contribution >= 0.6 is 23.2 Å². The Hall–Kier alpha value is -5.88. The van der Waals surface area contributed by atoms with E-state index in [1.807, 2.05) is 0 Å². The summed E-state index contributed by atoms with van der Waals surface area (Å²) in [5.74, 6) is 0.788. The summed E-state index contributed by atoms with van der Waals surface area (Å²) in [4.78, 5) is 33.4. The Bertz CT molecular complexity index is 2910. The van der Waals surface area contributed by atoms with E-state index in [2.05, 4.69) is 60.3 Å². The van der Waals surface area contributed by atoms with Crippen LogP contribution in [0, 0.1) is 11.8 Å². The maximum atomic E-state index is 13.8. The first-order valence-corrected chi connectivity index (χ1v) is 29.1. The molecular weight excluding hydrogens is 1100 g/mol. The van der Waals surface area contributed by atoms with Gasteiger partial charge in [0.1, 0.15) is 48.0 Å². The molecule has 2 saturated carbocycles. The molecule has 78 heavy (non-hydrogen) atoms. The number of hydrogen-bond donors (Lipinski definition) is 2. The second-order valence-corrected chi connectivity index (χ2v) is 24.2. The van der Waals surface area contributed by atoms with Gasteiger partial charge in [-0.3, -0.25) is 9.13 Å². The molecule has 26 nitrogen and oxygen atoms in total. The molecule has 2 aliphatic rings. The molecule has 6 aromatic heterocycles. The van der Waals surface area contributed by atoms with Crippen molar-refractivity contribution in [1.82, 2.24) is 69.4 Å². The van der Waals surface area contributed by atoms with Gasteiger partial charge in [-0.1, -0.05) is 48.9 Å². The van der Waals surface area contributed by atoms with Crippen molar-refractivity contribution in [3.8, 4) is 34.9 Å². The van der Waals surface area contributed by atoms with Crippen molar-refractivity contribution in [3.05, 3.63) is 82.4 Å². The molecule has 30 heteroatoms. The zero-order valence-corrected chi connectivity index (χ0v) is 47.5. The van der Waals surface area contributed by atoms with Crippen molar-refractivity contribution in [1.29, 1.82) is 0 Å². The molecule has 0 amide bonds. The molecule has 6 heterocycles. The fourth-order valence-corrected chi connectivity index (χ4v) is 13.0. The van der Waals surface area contributed by atoms with Gasteiger partial charge in [-0.05, 0) is 51.4 Å². The SMILES string of the molecule is COc1ncnc(OC)c1-n1c(CS(=O)(=O)[C@@H](C)[C@H](OC)c2ncc(Cl)cn2)nnc1[C@@H]1CCCC[C@H]1CO.COc1ncnc(OC)c1-n1c(CS(=O)(=O)[C@@H](C)[C@H](OC)c2ncc(Cl)cn2)nnc1[C@H]1CCCC[C@@H]1CO. The van der Waals surface area contributed by atoms with E-state index >= 15 is 0 Å². The highest BCUT2D eigenvalue weighted by Gasteiger charge is 2.40. The van der Waals surface area contributed by atoms with Crippen LogP contribution in [0.15, 0.2) is 37.4 Å². The predicted octanol–water partition coefficient (Wildman–Crippen LogP) is 4.95. The molecule has 0 bridgehead atoms. The molecule has 2 aliphatic carbocycles.